The molecule has 0 amide bonds. The molecule has 2 aliphatic rings. The molecular formula is C11H21N. The van der Waals surface area contributed by atoms with Crippen molar-refractivity contribution in [3.05, 3.63) is 0 Å². The third-order valence-corrected chi connectivity index (χ3v) is 3.52. The van der Waals surface area contributed by atoms with Crippen LogP contribution in [0.25, 0.3) is 0 Å². The van der Waals surface area contributed by atoms with Crippen molar-refractivity contribution in [1.29, 1.82) is 0 Å². The van der Waals surface area contributed by atoms with E-state index >= 15 is 0 Å². The lowest BCUT2D eigenvalue weighted by atomic mass is 10.0. The molecule has 1 saturated heterocycles. The molecule has 1 aliphatic heterocycles. The van der Waals surface area contributed by atoms with Crippen LogP contribution in [0.2, 0.25) is 0 Å². The van der Waals surface area contributed by atoms with E-state index in [1.54, 1.807) is 0 Å². The first kappa shape index (κ1) is 8.55. The van der Waals surface area contributed by atoms with Gasteiger partial charge in [-0.25, -0.2) is 0 Å². The molecule has 1 aliphatic carbocycles. The third kappa shape index (κ3) is 1.66. The Labute approximate surface area is 76.1 Å². The molecule has 0 N–H and O–H groups in total. The van der Waals surface area contributed by atoms with Crippen LogP contribution in [-0.2, 0) is 0 Å². The Kier molecular flexibility index (Phi) is 2.16. The summed E-state index contributed by atoms with van der Waals surface area (Å²) in [5.74, 6) is 3.10. The molecule has 0 aromatic carbocycles. The lowest BCUT2D eigenvalue weighted by Gasteiger charge is -2.27. The minimum Gasteiger partial charge on any atom is -0.300 e. The number of hydrogen-bond acceptors (Lipinski definition) is 1. The first-order valence-electron chi connectivity index (χ1n) is 5.41. The van der Waals surface area contributed by atoms with Gasteiger partial charge in [-0.2, -0.15) is 0 Å². The van der Waals surface area contributed by atoms with Gasteiger partial charge < -0.3 is 4.90 Å². The molecule has 2 fully saturated rings. The van der Waals surface area contributed by atoms with Gasteiger partial charge in [-0.15, -0.1) is 0 Å². The summed E-state index contributed by atoms with van der Waals surface area (Å²) in [6.45, 7) is 9.79. The monoisotopic (exact) mass is 167 g/mol. The van der Waals surface area contributed by atoms with E-state index in [9.17, 15) is 0 Å². The molecule has 3 atom stereocenters. The lowest BCUT2D eigenvalue weighted by Crippen LogP contribution is -2.35. The second kappa shape index (κ2) is 3.02. The maximum Gasteiger partial charge on any atom is 0.00388 e. The molecule has 3 unspecified atom stereocenters. The van der Waals surface area contributed by atoms with Crippen LogP contribution in [0.3, 0.4) is 0 Å². The number of fused-ring (bicyclic) bond motifs is 1. The van der Waals surface area contributed by atoms with E-state index < -0.39 is 0 Å². The summed E-state index contributed by atoms with van der Waals surface area (Å²) in [5, 5.41) is 0. The Morgan fingerprint density at radius 3 is 2.50 bits per heavy atom. The van der Waals surface area contributed by atoms with E-state index in [1.165, 1.54) is 25.9 Å². The van der Waals surface area contributed by atoms with Crippen LogP contribution in [0.4, 0.5) is 0 Å². The summed E-state index contributed by atoms with van der Waals surface area (Å²) in [6.07, 6.45) is 3.02. The molecule has 1 heteroatoms. The maximum absolute atomic E-state index is 2.67. The summed E-state index contributed by atoms with van der Waals surface area (Å²) < 4.78 is 0. The van der Waals surface area contributed by atoms with Crippen molar-refractivity contribution in [3.63, 3.8) is 0 Å². The molecule has 0 aromatic rings. The highest BCUT2D eigenvalue weighted by Crippen LogP contribution is 2.46. The minimum absolute atomic E-state index is 0.756. The number of rotatable bonds is 1. The van der Waals surface area contributed by atoms with Crippen LogP contribution in [0.15, 0.2) is 0 Å². The Balaban J connectivity index is 1.96. The highest BCUT2D eigenvalue weighted by molar-refractivity contribution is 4.93. The summed E-state index contributed by atoms with van der Waals surface area (Å²) in [6, 6.07) is 0.756. The van der Waals surface area contributed by atoms with Gasteiger partial charge in [0.25, 0.3) is 0 Å². The fourth-order valence-electron chi connectivity index (χ4n) is 2.61. The number of likely N-dealkylation sites (tertiary alicyclic amines) is 1. The van der Waals surface area contributed by atoms with Crippen LogP contribution in [0, 0.1) is 17.8 Å². The molecule has 1 heterocycles. The first-order chi connectivity index (χ1) is 5.66. The molecule has 1 nitrogen and oxygen atoms in total. The standard InChI is InChI=1S/C11H21N/c1-8(2)12-6-9(3)4-10-5-11(10)7-12/h8-11H,4-7H2,1-3H3. The van der Waals surface area contributed by atoms with Crippen molar-refractivity contribution < 1.29 is 0 Å². The van der Waals surface area contributed by atoms with E-state index in [0.717, 1.165) is 23.8 Å². The normalized spacial score (nSPS) is 42.5. The highest BCUT2D eigenvalue weighted by atomic mass is 15.2. The van der Waals surface area contributed by atoms with Crippen molar-refractivity contribution in [2.75, 3.05) is 13.1 Å². The fraction of sp³-hybridized carbons (Fsp3) is 1.00. The number of nitrogens with zero attached hydrogens (tertiary/aromatic N) is 1. The molecule has 1 saturated carbocycles. The van der Waals surface area contributed by atoms with Crippen molar-refractivity contribution in [2.45, 2.75) is 39.7 Å². The summed E-state index contributed by atoms with van der Waals surface area (Å²) >= 11 is 0. The molecule has 12 heavy (non-hydrogen) atoms. The third-order valence-electron chi connectivity index (χ3n) is 3.52. The van der Waals surface area contributed by atoms with Crippen LogP contribution in [0.5, 0.6) is 0 Å². The SMILES string of the molecule is CC1CC2CC2CN(C(C)C)C1. The average molecular weight is 167 g/mol. The lowest BCUT2D eigenvalue weighted by molar-refractivity contribution is 0.196. The van der Waals surface area contributed by atoms with Gasteiger partial charge >= 0.3 is 0 Å². The van der Waals surface area contributed by atoms with Crippen LogP contribution in [0.1, 0.15) is 33.6 Å². The van der Waals surface area contributed by atoms with Crippen molar-refractivity contribution >= 4 is 0 Å². The second-order valence-corrected chi connectivity index (χ2v) is 5.14. The molecule has 70 valence electrons. The van der Waals surface area contributed by atoms with Gasteiger partial charge in [0.05, 0.1) is 0 Å². The van der Waals surface area contributed by atoms with Crippen molar-refractivity contribution in [2.24, 2.45) is 17.8 Å². The van der Waals surface area contributed by atoms with Gasteiger partial charge in [0.2, 0.25) is 0 Å². The Morgan fingerprint density at radius 2 is 1.83 bits per heavy atom. The van der Waals surface area contributed by atoms with Crippen molar-refractivity contribution in [1.82, 2.24) is 4.90 Å². The average Bonchev–Trinajstić information content (AvgIpc) is 2.63. The van der Waals surface area contributed by atoms with E-state index in [1.807, 2.05) is 0 Å². The summed E-state index contributed by atoms with van der Waals surface area (Å²) in [5.41, 5.74) is 0. The molecule has 0 radical (unpaired) electrons. The second-order valence-electron chi connectivity index (χ2n) is 5.14. The first-order valence-corrected chi connectivity index (χ1v) is 5.41. The topological polar surface area (TPSA) is 3.24 Å². The zero-order chi connectivity index (χ0) is 8.72. The van der Waals surface area contributed by atoms with Crippen molar-refractivity contribution in [3.8, 4) is 0 Å². The predicted molar refractivity (Wildman–Crippen MR) is 52.1 cm³/mol. The van der Waals surface area contributed by atoms with Gasteiger partial charge in [0, 0.05) is 19.1 Å². The smallest absolute Gasteiger partial charge is 0.00388 e. The van der Waals surface area contributed by atoms with E-state index in [-0.39, 0.29) is 0 Å². The zero-order valence-corrected chi connectivity index (χ0v) is 8.59. The van der Waals surface area contributed by atoms with Crippen LogP contribution in [-0.4, -0.2) is 24.0 Å². The van der Waals surface area contributed by atoms with Gasteiger partial charge in [-0.05, 0) is 44.4 Å². The van der Waals surface area contributed by atoms with Gasteiger partial charge in [-0.3, -0.25) is 0 Å². The Hall–Kier alpha value is -0.0400. The molecule has 0 aromatic heterocycles. The highest BCUT2D eigenvalue weighted by Gasteiger charge is 2.41. The number of hydrogen-bond donors (Lipinski definition) is 0. The predicted octanol–water partition coefficient (Wildman–Crippen LogP) is 2.37. The van der Waals surface area contributed by atoms with Crippen LogP contribution < -0.4 is 0 Å². The molecular weight excluding hydrogens is 146 g/mol. The van der Waals surface area contributed by atoms with E-state index in [4.69, 9.17) is 0 Å². The van der Waals surface area contributed by atoms with Gasteiger partial charge in [0.15, 0.2) is 0 Å². The molecule has 2 rings (SSSR count). The van der Waals surface area contributed by atoms with Gasteiger partial charge in [-0.1, -0.05) is 6.92 Å². The summed E-state index contributed by atoms with van der Waals surface area (Å²) in [7, 11) is 0. The fourth-order valence-corrected chi connectivity index (χ4v) is 2.61. The van der Waals surface area contributed by atoms with E-state index in [0.29, 0.717) is 0 Å². The molecule has 0 bridgehead atoms. The Morgan fingerprint density at radius 1 is 1.08 bits per heavy atom. The minimum atomic E-state index is 0.756. The molecule has 0 spiro atoms. The van der Waals surface area contributed by atoms with Gasteiger partial charge in [0.1, 0.15) is 0 Å². The van der Waals surface area contributed by atoms with E-state index in [2.05, 4.69) is 25.7 Å². The zero-order valence-electron chi connectivity index (χ0n) is 8.59. The largest absolute Gasteiger partial charge is 0.300 e. The van der Waals surface area contributed by atoms with Crippen LogP contribution >= 0.6 is 0 Å². The summed E-state index contributed by atoms with van der Waals surface area (Å²) in [4.78, 5) is 2.67. The maximum atomic E-state index is 2.67. The quantitative estimate of drug-likeness (QED) is 0.579. The Bertz CT molecular complexity index is 162.